The van der Waals surface area contributed by atoms with Crippen molar-refractivity contribution in [3.8, 4) is 5.75 Å². The zero-order valence-electron chi connectivity index (χ0n) is 12.0. The van der Waals surface area contributed by atoms with Gasteiger partial charge in [0, 0.05) is 6.92 Å². The van der Waals surface area contributed by atoms with Crippen LogP contribution in [-0.4, -0.2) is 33.3 Å². The van der Waals surface area contributed by atoms with Crippen LogP contribution in [0.2, 0.25) is 0 Å². The van der Waals surface area contributed by atoms with Gasteiger partial charge in [0.1, 0.15) is 11.8 Å². The van der Waals surface area contributed by atoms with E-state index in [1.807, 2.05) is 22.9 Å². The first-order chi connectivity index (χ1) is 10.3. The van der Waals surface area contributed by atoms with Crippen LogP contribution in [0.1, 0.15) is 12.5 Å². The van der Waals surface area contributed by atoms with E-state index < -0.39 is 18.0 Å². The molecule has 0 amide bonds. The average Bonchev–Trinajstić information content (AvgIpc) is 3.00. The van der Waals surface area contributed by atoms with Crippen molar-refractivity contribution in [3.05, 3.63) is 52.7 Å². The molecule has 7 heteroatoms. The number of nitrogens with two attached hydrogens (primary N) is 1. The van der Waals surface area contributed by atoms with Gasteiger partial charge < -0.3 is 21.1 Å². The van der Waals surface area contributed by atoms with Gasteiger partial charge in [-0.2, -0.15) is 11.3 Å². The van der Waals surface area contributed by atoms with Gasteiger partial charge in [0.2, 0.25) is 0 Å². The van der Waals surface area contributed by atoms with Crippen LogP contribution < -0.4 is 5.73 Å². The fourth-order valence-electron chi connectivity index (χ4n) is 1.20. The molecule has 0 unspecified atom stereocenters. The molecule has 22 heavy (non-hydrogen) atoms. The van der Waals surface area contributed by atoms with Gasteiger partial charge in [-0.3, -0.25) is 9.59 Å². The zero-order chi connectivity index (χ0) is 17.0. The summed E-state index contributed by atoms with van der Waals surface area (Å²) in [6.07, 6.45) is 0.273. The smallest absolute Gasteiger partial charge is 0.320 e. The number of hydrogen-bond acceptors (Lipinski definition) is 5. The van der Waals surface area contributed by atoms with E-state index in [0.29, 0.717) is 0 Å². The number of rotatable bonds is 3. The minimum Gasteiger partial charge on any atom is -0.508 e. The number of aromatic hydroxyl groups is 1. The molecule has 0 aliphatic rings. The van der Waals surface area contributed by atoms with Crippen LogP contribution in [0, 0.1) is 0 Å². The second-order valence-corrected chi connectivity index (χ2v) is 4.94. The molecule has 0 saturated carbocycles. The minimum atomic E-state index is -1.02. The summed E-state index contributed by atoms with van der Waals surface area (Å²) in [5.41, 5.74) is 6.12. The number of carboxylic acid groups (broad SMARTS) is 2. The molecule has 0 radical (unpaired) electrons. The first kappa shape index (κ1) is 19.6. The van der Waals surface area contributed by atoms with Gasteiger partial charge in [0.05, 0.1) is 0 Å². The highest BCUT2D eigenvalue weighted by atomic mass is 32.1. The Bertz CT molecular complexity index is 518. The molecule has 2 rings (SSSR count). The molecule has 2 aromatic rings. The van der Waals surface area contributed by atoms with Gasteiger partial charge in [-0.1, -0.05) is 24.3 Å². The molecule has 120 valence electrons. The van der Waals surface area contributed by atoms with Gasteiger partial charge in [-0.15, -0.1) is 0 Å². The summed E-state index contributed by atoms with van der Waals surface area (Å²) >= 11 is 1.71. The van der Waals surface area contributed by atoms with E-state index in [-0.39, 0.29) is 12.2 Å². The van der Waals surface area contributed by atoms with Crippen molar-refractivity contribution >= 4 is 23.3 Å². The summed E-state index contributed by atoms with van der Waals surface area (Å²) < 4.78 is 0. The number of aliphatic carboxylic acids is 2. The van der Waals surface area contributed by atoms with E-state index >= 15 is 0 Å². The molecule has 0 fully saturated rings. The Balaban J connectivity index is 0.000000400. The van der Waals surface area contributed by atoms with Crippen LogP contribution >= 0.6 is 11.3 Å². The minimum absolute atomic E-state index is 0.160. The van der Waals surface area contributed by atoms with Gasteiger partial charge in [-0.25, -0.2) is 0 Å². The van der Waals surface area contributed by atoms with Gasteiger partial charge in [-0.05, 0) is 34.9 Å². The highest BCUT2D eigenvalue weighted by Crippen LogP contribution is 2.10. The second-order valence-electron chi connectivity index (χ2n) is 4.13. The normalized spacial score (nSPS) is 10.3. The molecular weight excluding hydrogens is 306 g/mol. The lowest BCUT2D eigenvalue weighted by Crippen LogP contribution is -2.32. The first-order valence-electron chi connectivity index (χ1n) is 6.26. The second kappa shape index (κ2) is 11.3. The molecule has 0 aliphatic carbocycles. The number of carboxylic acids is 2. The van der Waals surface area contributed by atoms with Crippen LogP contribution in [0.5, 0.6) is 5.75 Å². The van der Waals surface area contributed by atoms with Crippen LogP contribution in [-0.2, 0) is 16.0 Å². The van der Waals surface area contributed by atoms with Crippen molar-refractivity contribution in [3.63, 3.8) is 0 Å². The summed E-state index contributed by atoms with van der Waals surface area (Å²) in [5.74, 6) is -1.69. The van der Waals surface area contributed by atoms with Crippen molar-refractivity contribution in [2.24, 2.45) is 5.73 Å². The maximum absolute atomic E-state index is 10.4. The Kier molecular flexibility index (Phi) is 10.1. The zero-order valence-corrected chi connectivity index (χ0v) is 12.9. The van der Waals surface area contributed by atoms with Crippen molar-refractivity contribution in [2.75, 3.05) is 0 Å². The Morgan fingerprint density at radius 2 is 1.59 bits per heavy atom. The number of benzene rings is 1. The van der Waals surface area contributed by atoms with Crippen LogP contribution in [0.3, 0.4) is 0 Å². The van der Waals surface area contributed by atoms with E-state index in [2.05, 4.69) is 0 Å². The number of phenols is 1. The standard InChI is InChI=1S/C9H11NO3.C4H4S.C2H4O2/c10-8(9(12)13)5-6-1-3-7(11)4-2-6;1-2-4-5-3-1;1-2(3)4/h1-4,8,11H,5,10H2,(H,12,13);1-4H;1H3,(H,3,4)/t8-;;/m0../s1. The summed E-state index contributed by atoms with van der Waals surface area (Å²) in [6.45, 7) is 1.08. The van der Waals surface area contributed by atoms with Crippen molar-refractivity contribution < 1.29 is 24.9 Å². The lowest BCUT2D eigenvalue weighted by Gasteiger charge is -2.05. The van der Waals surface area contributed by atoms with E-state index in [9.17, 15) is 4.79 Å². The topological polar surface area (TPSA) is 121 Å². The third kappa shape index (κ3) is 11.4. The molecule has 0 bridgehead atoms. The van der Waals surface area contributed by atoms with E-state index in [1.165, 1.54) is 12.1 Å². The summed E-state index contributed by atoms with van der Waals surface area (Å²) in [7, 11) is 0. The molecule has 1 atom stereocenters. The molecule has 0 aliphatic heterocycles. The fraction of sp³-hybridized carbons (Fsp3) is 0.200. The van der Waals surface area contributed by atoms with Gasteiger partial charge >= 0.3 is 5.97 Å². The number of phenolic OH excluding ortho intramolecular Hbond substituents is 1. The van der Waals surface area contributed by atoms with E-state index in [4.69, 9.17) is 25.8 Å². The van der Waals surface area contributed by atoms with Crippen LogP contribution in [0.25, 0.3) is 0 Å². The maximum atomic E-state index is 10.4. The molecule has 0 spiro atoms. The highest BCUT2D eigenvalue weighted by molar-refractivity contribution is 7.07. The molecule has 1 heterocycles. The Labute approximate surface area is 132 Å². The molecule has 5 N–H and O–H groups in total. The largest absolute Gasteiger partial charge is 0.508 e. The predicted molar refractivity (Wildman–Crippen MR) is 85.1 cm³/mol. The average molecular weight is 325 g/mol. The van der Waals surface area contributed by atoms with Gasteiger partial charge in [0.25, 0.3) is 5.97 Å². The fourth-order valence-corrected chi connectivity index (χ4v) is 1.65. The number of hydrogen-bond donors (Lipinski definition) is 4. The summed E-state index contributed by atoms with van der Waals surface area (Å²) in [5, 5.41) is 29.0. The molecule has 6 nitrogen and oxygen atoms in total. The van der Waals surface area contributed by atoms with Crippen molar-refractivity contribution in [1.82, 2.24) is 0 Å². The summed E-state index contributed by atoms with van der Waals surface area (Å²) in [6, 6.07) is 9.46. The quantitative estimate of drug-likeness (QED) is 0.686. The molecule has 1 aromatic heterocycles. The Hall–Kier alpha value is -2.38. The highest BCUT2D eigenvalue weighted by Gasteiger charge is 2.11. The van der Waals surface area contributed by atoms with Gasteiger partial charge in [0.15, 0.2) is 0 Å². The predicted octanol–water partition coefficient (Wildman–Crippen LogP) is 2.19. The van der Waals surface area contributed by atoms with E-state index in [0.717, 1.165) is 12.5 Å². The molecule has 0 saturated heterocycles. The van der Waals surface area contributed by atoms with E-state index in [1.54, 1.807) is 23.5 Å². The maximum Gasteiger partial charge on any atom is 0.320 e. The van der Waals surface area contributed by atoms with Crippen molar-refractivity contribution in [2.45, 2.75) is 19.4 Å². The Morgan fingerprint density at radius 3 is 1.91 bits per heavy atom. The SMILES string of the molecule is CC(=O)O.N[C@@H](Cc1ccc(O)cc1)C(=O)O.c1ccsc1. The third-order valence-corrected chi connectivity index (χ3v) is 2.76. The Morgan fingerprint density at radius 1 is 1.14 bits per heavy atom. The van der Waals surface area contributed by atoms with Crippen molar-refractivity contribution in [1.29, 1.82) is 0 Å². The number of thiophene rings is 1. The molecule has 1 aromatic carbocycles. The third-order valence-electron chi connectivity index (χ3n) is 2.13. The number of carbonyl (C=O) groups is 2. The summed E-state index contributed by atoms with van der Waals surface area (Å²) in [4.78, 5) is 19.4. The monoisotopic (exact) mass is 325 g/mol. The van der Waals surface area contributed by atoms with Crippen LogP contribution in [0.4, 0.5) is 0 Å². The first-order valence-corrected chi connectivity index (χ1v) is 7.20. The lowest BCUT2D eigenvalue weighted by molar-refractivity contribution is -0.138. The van der Waals surface area contributed by atoms with Crippen LogP contribution in [0.15, 0.2) is 47.2 Å². The lowest BCUT2D eigenvalue weighted by atomic mass is 10.1. The molecular formula is C15H19NO5S.